The molecule has 2 N–H and O–H groups in total. The predicted molar refractivity (Wildman–Crippen MR) is 58.0 cm³/mol. The lowest BCUT2D eigenvalue weighted by Crippen LogP contribution is -2.13. The molecule has 88 valence electrons. The zero-order valence-corrected chi connectivity index (χ0v) is 10.2. The molecule has 1 aromatic rings. The fourth-order valence-corrected chi connectivity index (χ4v) is 1.73. The molecular formula is C10H10BrFO4. The number of carboxylic acids is 1. The lowest BCUT2D eigenvalue weighted by Gasteiger charge is -2.13. The Bertz CT molecular complexity index is 433. The summed E-state index contributed by atoms with van der Waals surface area (Å²) in [4.78, 5) is 10.6. The quantitative estimate of drug-likeness (QED) is 0.894. The molecule has 0 aliphatic rings. The Labute approximate surface area is 99.8 Å². The third kappa shape index (κ3) is 2.17. The monoisotopic (exact) mass is 292 g/mol. The highest BCUT2D eigenvalue weighted by Gasteiger charge is 2.25. The molecule has 6 heteroatoms. The molecule has 0 bridgehead atoms. The minimum absolute atomic E-state index is 0.115. The van der Waals surface area contributed by atoms with Crippen molar-refractivity contribution < 1.29 is 24.1 Å². The summed E-state index contributed by atoms with van der Waals surface area (Å²) in [6.45, 7) is 1.64. The summed E-state index contributed by atoms with van der Waals surface area (Å²) in [5.74, 6) is -2.51. The van der Waals surface area contributed by atoms with Gasteiger partial charge in [-0.15, -0.1) is 0 Å². The number of aliphatic carboxylic acids is 1. The largest absolute Gasteiger partial charge is 0.492 e. The number of halogens is 2. The molecule has 0 saturated heterocycles. The van der Waals surface area contributed by atoms with E-state index >= 15 is 0 Å². The Hall–Kier alpha value is -1.14. The highest BCUT2D eigenvalue weighted by atomic mass is 79.9. The van der Waals surface area contributed by atoms with E-state index in [1.807, 2.05) is 0 Å². The maximum absolute atomic E-state index is 13.7. The lowest BCUT2D eigenvalue weighted by molar-refractivity contribution is -0.147. The van der Waals surface area contributed by atoms with Gasteiger partial charge in [0, 0.05) is 5.56 Å². The third-order valence-corrected chi connectivity index (χ3v) is 3.09. The first-order valence-electron chi connectivity index (χ1n) is 4.33. The van der Waals surface area contributed by atoms with Gasteiger partial charge < -0.3 is 14.9 Å². The molecule has 0 aliphatic carbocycles. The number of hydrogen-bond acceptors (Lipinski definition) is 3. The zero-order chi connectivity index (χ0) is 12.5. The van der Waals surface area contributed by atoms with E-state index in [0.717, 1.165) is 0 Å². The molecule has 1 atom stereocenters. The highest BCUT2D eigenvalue weighted by Crippen LogP contribution is 2.35. The molecule has 4 nitrogen and oxygen atoms in total. The standard InChI is InChI=1S/C10H10BrFO4/c1-4-3-5(8(13)10(14)15)7(12)9(16-2)6(4)11/h3,8,13H,1-2H3,(H,14,15). The average molecular weight is 293 g/mol. The molecule has 0 heterocycles. The van der Waals surface area contributed by atoms with Gasteiger partial charge in [-0.2, -0.15) is 0 Å². The Balaban J connectivity index is 3.42. The number of carbonyl (C=O) groups is 1. The van der Waals surface area contributed by atoms with Gasteiger partial charge in [0.25, 0.3) is 0 Å². The first-order chi connectivity index (χ1) is 7.40. The van der Waals surface area contributed by atoms with Crippen LogP contribution in [0.3, 0.4) is 0 Å². The molecule has 0 saturated carbocycles. The maximum atomic E-state index is 13.7. The van der Waals surface area contributed by atoms with Crippen molar-refractivity contribution in [3.8, 4) is 5.75 Å². The summed E-state index contributed by atoms with van der Waals surface area (Å²) in [6.07, 6.45) is -1.90. The van der Waals surface area contributed by atoms with Crippen molar-refractivity contribution in [2.45, 2.75) is 13.0 Å². The summed E-state index contributed by atoms with van der Waals surface area (Å²) in [7, 11) is 1.26. The van der Waals surface area contributed by atoms with Crippen molar-refractivity contribution in [3.63, 3.8) is 0 Å². The summed E-state index contributed by atoms with van der Waals surface area (Å²) in [5.41, 5.74) is 0.263. The fourth-order valence-electron chi connectivity index (χ4n) is 1.28. The van der Waals surface area contributed by atoms with E-state index in [0.29, 0.717) is 10.0 Å². The van der Waals surface area contributed by atoms with Gasteiger partial charge in [-0.05, 0) is 34.5 Å². The molecule has 0 aromatic heterocycles. The number of ether oxygens (including phenoxy) is 1. The number of benzene rings is 1. The fraction of sp³-hybridized carbons (Fsp3) is 0.300. The first kappa shape index (κ1) is 12.9. The van der Waals surface area contributed by atoms with Gasteiger partial charge in [0.05, 0.1) is 11.6 Å². The van der Waals surface area contributed by atoms with Gasteiger partial charge in [0.2, 0.25) is 0 Å². The minimum atomic E-state index is -1.90. The summed E-state index contributed by atoms with van der Waals surface area (Å²) < 4.78 is 18.9. The lowest BCUT2D eigenvalue weighted by atomic mass is 10.1. The molecule has 1 rings (SSSR count). The second kappa shape index (κ2) is 4.80. The molecule has 1 unspecified atom stereocenters. The zero-order valence-electron chi connectivity index (χ0n) is 8.62. The Morgan fingerprint density at radius 3 is 2.62 bits per heavy atom. The highest BCUT2D eigenvalue weighted by molar-refractivity contribution is 9.10. The number of aryl methyl sites for hydroxylation is 1. The van der Waals surface area contributed by atoms with Crippen molar-refractivity contribution in [3.05, 3.63) is 27.5 Å². The Morgan fingerprint density at radius 1 is 1.62 bits per heavy atom. The van der Waals surface area contributed by atoms with Crippen molar-refractivity contribution in [1.29, 1.82) is 0 Å². The van der Waals surface area contributed by atoms with Crippen molar-refractivity contribution in [1.82, 2.24) is 0 Å². The van der Waals surface area contributed by atoms with Crippen LogP contribution in [-0.2, 0) is 4.79 Å². The van der Waals surface area contributed by atoms with Gasteiger partial charge in [0.15, 0.2) is 17.7 Å². The molecule has 16 heavy (non-hydrogen) atoms. The number of hydrogen-bond donors (Lipinski definition) is 2. The van der Waals surface area contributed by atoms with Crippen LogP contribution in [0.2, 0.25) is 0 Å². The van der Waals surface area contributed by atoms with Crippen LogP contribution in [0, 0.1) is 12.7 Å². The average Bonchev–Trinajstić information content (AvgIpc) is 2.23. The molecular weight excluding hydrogens is 283 g/mol. The van der Waals surface area contributed by atoms with E-state index in [9.17, 15) is 14.3 Å². The number of aliphatic hydroxyl groups is 1. The van der Waals surface area contributed by atoms with E-state index in [4.69, 9.17) is 9.84 Å². The second-order valence-corrected chi connectivity index (χ2v) is 3.98. The van der Waals surface area contributed by atoms with Crippen molar-refractivity contribution >= 4 is 21.9 Å². The smallest absolute Gasteiger partial charge is 0.337 e. The number of carboxylic acid groups (broad SMARTS) is 1. The van der Waals surface area contributed by atoms with Crippen LogP contribution in [0.1, 0.15) is 17.2 Å². The van der Waals surface area contributed by atoms with Crippen LogP contribution in [-0.4, -0.2) is 23.3 Å². The number of rotatable bonds is 3. The molecule has 0 amide bonds. The Kier molecular flexibility index (Phi) is 3.88. The summed E-state index contributed by atoms with van der Waals surface area (Å²) >= 11 is 3.12. The molecule has 1 aromatic carbocycles. The van der Waals surface area contributed by atoms with E-state index in [-0.39, 0.29) is 11.3 Å². The van der Waals surface area contributed by atoms with E-state index in [1.54, 1.807) is 6.92 Å². The van der Waals surface area contributed by atoms with Gasteiger partial charge in [0.1, 0.15) is 0 Å². The van der Waals surface area contributed by atoms with E-state index in [1.165, 1.54) is 13.2 Å². The third-order valence-electron chi connectivity index (χ3n) is 2.10. The van der Waals surface area contributed by atoms with Crippen LogP contribution in [0.15, 0.2) is 10.5 Å². The number of aliphatic hydroxyl groups excluding tert-OH is 1. The molecule has 0 spiro atoms. The van der Waals surface area contributed by atoms with Crippen LogP contribution >= 0.6 is 15.9 Å². The van der Waals surface area contributed by atoms with E-state index in [2.05, 4.69) is 15.9 Å². The van der Waals surface area contributed by atoms with Gasteiger partial charge in [-0.3, -0.25) is 0 Å². The van der Waals surface area contributed by atoms with Crippen molar-refractivity contribution in [2.75, 3.05) is 7.11 Å². The van der Waals surface area contributed by atoms with E-state index < -0.39 is 17.9 Å². The molecule has 0 aliphatic heterocycles. The van der Waals surface area contributed by atoms with Crippen LogP contribution < -0.4 is 4.74 Å². The van der Waals surface area contributed by atoms with Crippen molar-refractivity contribution in [2.24, 2.45) is 0 Å². The van der Waals surface area contributed by atoms with Crippen LogP contribution in [0.25, 0.3) is 0 Å². The predicted octanol–water partition coefficient (Wildman–Crippen LogP) is 2.02. The Morgan fingerprint density at radius 2 is 2.19 bits per heavy atom. The maximum Gasteiger partial charge on any atom is 0.337 e. The molecule has 0 fully saturated rings. The summed E-state index contributed by atoms with van der Waals surface area (Å²) in [5, 5.41) is 17.9. The second-order valence-electron chi connectivity index (χ2n) is 3.18. The normalized spacial score (nSPS) is 12.3. The van der Waals surface area contributed by atoms with Gasteiger partial charge in [-0.1, -0.05) is 0 Å². The summed E-state index contributed by atoms with van der Waals surface area (Å²) in [6, 6.07) is 1.26. The van der Waals surface area contributed by atoms with Crippen LogP contribution in [0.4, 0.5) is 4.39 Å². The topological polar surface area (TPSA) is 66.8 Å². The first-order valence-corrected chi connectivity index (χ1v) is 5.12. The van der Waals surface area contributed by atoms with Crippen LogP contribution in [0.5, 0.6) is 5.75 Å². The number of methoxy groups -OCH3 is 1. The minimum Gasteiger partial charge on any atom is -0.492 e. The SMILES string of the molecule is COc1c(F)c(C(O)C(=O)O)cc(C)c1Br. The van der Waals surface area contributed by atoms with Gasteiger partial charge in [-0.25, -0.2) is 9.18 Å². The van der Waals surface area contributed by atoms with Gasteiger partial charge >= 0.3 is 5.97 Å². The molecule has 0 radical (unpaired) electrons.